The molecule has 2 aliphatic rings. The molecule has 1 fully saturated rings. The largest absolute Gasteiger partial charge is 0.348 e. The lowest BCUT2D eigenvalue weighted by Crippen LogP contribution is -2.48. The quantitative estimate of drug-likeness (QED) is 0.760. The summed E-state index contributed by atoms with van der Waals surface area (Å²) in [4.78, 5) is 15.4. The summed E-state index contributed by atoms with van der Waals surface area (Å²) in [6, 6.07) is 19.8. The number of nitrogens with zero attached hydrogens (tertiary/aromatic N) is 1. The molecule has 154 valence electrons. The van der Waals surface area contributed by atoms with Crippen molar-refractivity contribution in [1.82, 2.24) is 15.5 Å². The Morgan fingerprint density at radius 3 is 2.59 bits per heavy atom. The van der Waals surface area contributed by atoms with Gasteiger partial charge in [-0.15, -0.1) is 0 Å². The van der Waals surface area contributed by atoms with E-state index in [1.165, 1.54) is 16.7 Å². The summed E-state index contributed by atoms with van der Waals surface area (Å²) in [6.07, 6.45) is 6.54. The Hall–Kier alpha value is -2.17. The van der Waals surface area contributed by atoms with Gasteiger partial charge in [-0.2, -0.15) is 0 Å². The number of rotatable bonds is 7. The molecule has 0 spiro atoms. The summed E-state index contributed by atoms with van der Waals surface area (Å²) in [7, 11) is 0. The number of aryl methyl sites for hydroxylation is 1. The van der Waals surface area contributed by atoms with Gasteiger partial charge in [0.15, 0.2) is 0 Å². The molecule has 4 rings (SSSR count). The number of hydrogen-bond donors (Lipinski definition) is 2. The highest BCUT2D eigenvalue weighted by atomic mass is 16.2. The number of fused-ring (bicyclic) bond motifs is 1. The SMILES string of the molecule is O=C(CN(CCc1ccccc1)C1CCNCC1)NC1CCCc2ccccc21. The zero-order chi connectivity index (χ0) is 19.9. The van der Waals surface area contributed by atoms with Crippen molar-refractivity contribution in [3.63, 3.8) is 0 Å². The number of amides is 1. The molecule has 1 aliphatic carbocycles. The van der Waals surface area contributed by atoms with Gasteiger partial charge in [-0.3, -0.25) is 9.69 Å². The number of piperidine rings is 1. The third kappa shape index (κ3) is 5.46. The molecular formula is C25H33N3O. The molecule has 1 aliphatic heterocycles. The van der Waals surface area contributed by atoms with Crippen LogP contribution < -0.4 is 10.6 Å². The van der Waals surface area contributed by atoms with Crippen molar-refractivity contribution < 1.29 is 4.79 Å². The molecule has 29 heavy (non-hydrogen) atoms. The Labute approximate surface area is 174 Å². The Balaban J connectivity index is 1.39. The lowest BCUT2D eigenvalue weighted by Gasteiger charge is -2.35. The average Bonchev–Trinajstić information content (AvgIpc) is 2.78. The monoisotopic (exact) mass is 391 g/mol. The fourth-order valence-electron chi connectivity index (χ4n) is 4.81. The van der Waals surface area contributed by atoms with Gasteiger partial charge in [0.05, 0.1) is 12.6 Å². The molecular weight excluding hydrogens is 358 g/mol. The summed E-state index contributed by atoms with van der Waals surface area (Å²) in [5.41, 5.74) is 4.04. The van der Waals surface area contributed by atoms with Crippen LogP contribution in [0.3, 0.4) is 0 Å². The van der Waals surface area contributed by atoms with Crippen molar-refractivity contribution in [2.75, 3.05) is 26.2 Å². The van der Waals surface area contributed by atoms with Crippen LogP contribution in [0.4, 0.5) is 0 Å². The van der Waals surface area contributed by atoms with E-state index in [0.29, 0.717) is 12.6 Å². The summed E-state index contributed by atoms with van der Waals surface area (Å²) in [5.74, 6) is 0.165. The molecule has 4 nitrogen and oxygen atoms in total. The van der Waals surface area contributed by atoms with E-state index in [1.54, 1.807) is 0 Å². The minimum atomic E-state index is 0.163. The first kappa shape index (κ1) is 20.1. The molecule has 1 saturated heterocycles. The maximum Gasteiger partial charge on any atom is 0.234 e. The highest BCUT2D eigenvalue weighted by Gasteiger charge is 2.25. The van der Waals surface area contributed by atoms with Crippen molar-refractivity contribution in [3.05, 3.63) is 71.3 Å². The van der Waals surface area contributed by atoms with Gasteiger partial charge in [-0.1, -0.05) is 54.6 Å². The van der Waals surface area contributed by atoms with Gasteiger partial charge in [-0.05, 0) is 68.3 Å². The molecule has 0 bridgehead atoms. The first-order chi connectivity index (χ1) is 14.3. The molecule has 1 heterocycles. The van der Waals surface area contributed by atoms with E-state index in [1.807, 2.05) is 0 Å². The predicted molar refractivity (Wildman–Crippen MR) is 118 cm³/mol. The van der Waals surface area contributed by atoms with Crippen molar-refractivity contribution in [3.8, 4) is 0 Å². The van der Waals surface area contributed by atoms with Crippen LogP contribution >= 0.6 is 0 Å². The first-order valence-corrected chi connectivity index (χ1v) is 11.2. The van der Waals surface area contributed by atoms with E-state index < -0.39 is 0 Å². The molecule has 2 N–H and O–H groups in total. The van der Waals surface area contributed by atoms with Gasteiger partial charge in [0.1, 0.15) is 0 Å². The number of nitrogens with one attached hydrogen (secondary N) is 2. The van der Waals surface area contributed by atoms with E-state index in [0.717, 1.165) is 58.2 Å². The molecule has 1 atom stereocenters. The van der Waals surface area contributed by atoms with Crippen LogP contribution in [0.25, 0.3) is 0 Å². The molecule has 0 saturated carbocycles. The second-order valence-electron chi connectivity index (χ2n) is 8.40. The summed E-state index contributed by atoms with van der Waals surface area (Å²) < 4.78 is 0. The average molecular weight is 392 g/mol. The Morgan fingerprint density at radius 1 is 1.00 bits per heavy atom. The maximum absolute atomic E-state index is 13.0. The number of carbonyl (C=O) groups excluding carboxylic acids is 1. The third-order valence-corrected chi connectivity index (χ3v) is 6.41. The van der Waals surface area contributed by atoms with Gasteiger partial charge >= 0.3 is 0 Å². The first-order valence-electron chi connectivity index (χ1n) is 11.2. The number of benzene rings is 2. The fraction of sp³-hybridized carbons (Fsp3) is 0.480. The van der Waals surface area contributed by atoms with Crippen molar-refractivity contribution in [1.29, 1.82) is 0 Å². The topological polar surface area (TPSA) is 44.4 Å². The smallest absolute Gasteiger partial charge is 0.234 e. The van der Waals surface area contributed by atoms with E-state index in [4.69, 9.17) is 0 Å². The van der Waals surface area contributed by atoms with E-state index >= 15 is 0 Å². The van der Waals surface area contributed by atoms with Crippen molar-refractivity contribution in [2.45, 2.75) is 50.6 Å². The minimum Gasteiger partial charge on any atom is -0.348 e. The van der Waals surface area contributed by atoms with Crippen LogP contribution in [0.1, 0.15) is 48.4 Å². The zero-order valence-corrected chi connectivity index (χ0v) is 17.3. The normalized spacial score (nSPS) is 19.7. The molecule has 2 aromatic carbocycles. The molecule has 2 aromatic rings. The van der Waals surface area contributed by atoms with Gasteiger partial charge < -0.3 is 10.6 Å². The number of hydrogen-bond acceptors (Lipinski definition) is 3. The zero-order valence-electron chi connectivity index (χ0n) is 17.3. The highest BCUT2D eigenvalue weighted by molar-refractivity contribution is 5.78. The van der Waals surface area contributed by atoms with Crippen LogP contribution in [0.2, 0.25) is 0 Å². The van der Waals surface area contributed by atoms with Crippen molar-refractivity contribution in [2.24, 2.45) is 0 Å². The van der Waals surface area contributed by atoms with Gasteiger partial charge in [0.2, 0.25) is 5.91 Å². The highest BCUT2D eigenvalue weighted by Crippen LogP contribution is 2.29. The van der Waals surface area contributed by atoms with Crippen LogP contribution in [-0.2, 0) is 17.6 Å². The lowest BCUT2D eigenvalue weighted by molar-refractivity contribution is -0.123. The van der Waals surface area contributed by atoms with Gasteiger partial charge in [-0.25, -0.2) is 0 Å². The third-order valence-electron chi connectivity index (χ3n) is 6.41. The summed E-state index contributed by atoms with van der Waals surface area (Å²) in [5, 5.41) is 6.79. The summed E-state index contributed by atoms with van der Waals surface area (Å²) in [6.45, 7) is 3.52. The molecule has 1 amide bonds. The lowest BCUT2D eigenvalue weighted by atomic mass is 9.88. The van der Waals surface area contributed by atoms with E-state index in [9.17, 15) is 4.79 Å². The van der Waals surface area contributed by atoms with Crippen LogP contribution in [0.5, 0.6) is 0 Å². The molecule has 0 radical (unpaired) electrons. The predicted octanol–water partition coefficient (Wildman–Crippen LogP) is 3.48. The van der Waals surface area contributed by atoms with Crippen molar-refractivity contribution >= 4 is 5.91 Å². The van der Waals surface area contributed by atoms with E-state index in [2.05, 4.69) is 70.1 Å². The van der Waals surface area contributed by atoms with Gasteiger partial charge in [0.25, 0.3) is 0 Å². The Kier molecular flexibility index (Phi) is 6.96. The molecule has 4 heteroatoms. The molecule has 0 aromatic heterocycles. The Morgan fingerprint density at radius 2 is 1.76 bits per heavy atom. The second-order valence-corrected chi connectivity index (χ2v) is 8.40. The standard InChI is InChI=1S/C25H33N3O/c29-25(27-24-12-6-10-21-9-4-5-11-23(21)24)19-28(22-13-16-26-17-14-22)18-15-20-7-2-1-3-8-20/h1-5,7-9,11,22,24,26H,6,10,12-19H2,(H,27,29). The Bertz CT molecular complexity index is 786. The van der Waals surface area contributed by atoms with Gasteiger partial charge in [0, 0.05) is 12.6 Å². The van der Waals surface area contributed by atoms with Crippen LogP contribution in [-0.4, -0.2) is 43.0 Å². The second kappa shape index (κ2) is 10.0. The van der Waals surface area contributed by atoms with Crippen LogP contribution in [0, 0.1) is 0 Å². The van der Waals surface area contributed by atoms with Crippen LogP contribution in [0.15, 0.2) is 54.6 Å². The minimum absolute atomic E-state index is 0.163. The fourth-order valence-corrected chi connectivity index (χ4v) is 4.81. The van der Waals surface area contributed by atoms with E-state index in [-0.39, 0.29) is 11.9 Å². The summed E-state index contributed by atoms with van der Waals surface area (Å²) >= 11 is 0. The number of carbonyl (C=O) groups is 1. The molecule has 1 unspecified atom stereocenters. The maximum atomic E-state index is 13.0.